The smallest absolute Gasteiger partial charge is 0.235 e. The van der Waals surface area contributed by atoms with Gasteiger partial charge >= 0.3 is 0 Å². The Morgan fingerprint density at radius 3 is 2.68 bits per heavy atom. The molecule has 2 aromatic heterocycles. The molecule has 2 unspecified atom stereocenters. The number of aliphatic hydroxyl groups excluding tert-OH is 1. The van der Waals surface area contributed by atoms with Gasteiger partial charge in [0.25, 0.3) is 0 Å². The minimum atomic E-state index is -0.649. The van der Waals surface area contributed by atoms with Crippen molar-refractivity contribution in [1.29, 1.82) is 0 Å². The molecule has 0 saturated carbocycles. The van der Waals surface area contributed by atoms with Crippen LogP contribution in [0.4, 0.5) is 0 Å². The zero-order valence-electron chi connectivity index (χ0n) is 10.3. The third-order valence-electron chi connectivity index (χ3n) is 2.84. The van der Waals surface area contributed by atoms with Crippen molar-refractivity contribution in [3.8, 4) is 11.4 Å². The van der Waals surface area contributed by atoms with Crippen LogP contribution in [0.25, 0.3) is 16.3 Å². The van der Waals surface area contributed by atoms with Crippen LogP contribution in [0, 0.1) is 0 Å². The van der Waals surface area contributed by atoms with E-state index >= 15 is 0 Å². The molecule has 0 radical (unpaired) electrons. The van der Waals surface area contributed by atoms with Crippen LogP contribution in [0.2, 0.25) is 0 Å². The zero-order valence-corrected chi connectivity index (χ0v) is 11.1. The monoisotopic (exact) mass is 275 g/mol. The number of aromatic nitrogens is 4. The largest absolute Gasteiger partial charge is 0.391 e. The van der Waals surface area contributed by atoms with Gasteiger partial charge in [-0.3, -0.25) is 0 Å². The molecule has 0 aliphatic carbocycles. The number of hydrogen-bond donors (Lipinski definition) is 2. The molecule has 2 heterocycles. The second-order valence-electron chi connectivity index (χ2n) is 4.29. The average molecular weight is 275 g/mol. The molecule has 1 aromatic carbocycles. The Bertz CT molecular complexity index is 691. The topological polar surface area (TPSA) is 89.3 Å². The number of hydrogen-bond acceptors (Lipinski definition) is 6. The van der Waals surface area contributed by atoms with E-state index in [4.69, 9.17) is 5.73 Å². The Hall–Kier alpha value is -1.83. The van der Waals surface area contributed by atoms with Gasteiger partial charge in [-0.2, -0.15) is 9.61 Å². The molecule has 98 valence electrons. The van der Waals surface area contributed by atoms with E-state index in [-0.39, 0.29) is 0 Å². The molecule has 0 aliphatic heterocycles. The Kier molecular flexibility index (Phi) is 3.02. The molecule has 0 saturated heterocycles. The van der Waals surface area contributed by atoms with Crippen molar-refractivity contribution in [2.24, 2.45) is 5.73 Å². The van der Waals surface area contributed by atoms with Crippen molar-refractivity contribution in [1.82, 2.24) is 19.8 Å². The van der Waals surface area contributed by atoms with Crippen molar-refractivity contribution >= 4 is 16.3 Å². The highest BCUT2D eigenvalue weighted by Gasteiger charge is 2.20. The van der Waals surface area contributed by atoms with E-state index in [1.165, 1.54) is 11.3 Å². The maximum absolute atomic E-state index is 9.52. The van der Waals surface area contributed by atoms with E-state index in [9.17, 15) is 5.11 Å². The van der Waals surface area contributed by atoms with Gasteiger partial charge in [0, 0.05) is 5.56 Å². The Labute approximate surface area is 113 Å². The van der Waals surface area contributed by atoms with Crippen LogP contribution in [0.5, 0.6) is 0 Å². The number of fused-ring (bicyclic) bond motifs is 1. The SMILES string of the molecule is CC(O)C(N)c1nn2c(-c3ccccc3)nnc2s1. The summed E-state index contributed by atoms with van der Waals surface area (Å²) in [6.07, 6.45) is -0.649. The number of nitrogens with two attached hydrogens (primary N) is 1. The van der Waals surface area contributed by atoms with E-state index < -0.39 is 12.1 Å². The fraction of sp³-hybridized carbons (Fsp3) is 0.250. The summed E-state index contributed by atoms with van der Waals surface area (Å²) >= 11 is 1.34. The molecule has 3 N–H and O–H groups in total. The van der Waals surface area contributed by atoms with Gasteiger partial charge in [0.2, 0.25) is 4.96 Å². The molecule has 19 heavy (non-hydrogen) atoms. The fourth-order valence-corrected chi connectivity index (χ4v) is 2.68. The lowest BCUT2D eigenvalue weighted by Crippen LogP contribution is -2.23. The van der Waals surface area contributed by atoms with Crippen LogP contribution in [0.1, 0.15) is 18.0 Å². The average Bonchev–Trinajstić information content (AvgIpc) is 2.98. The van der Waals surface area contributed by atoms with Crippen LogP contribution >= 0.6 is 11.3 Å². The van der Waals surface area contributed by atoms with E-state index in [2.05, 4.69) is 15.3 Å². The summed E-state index contributed by atoms with van der Waals surface area (Å²) in [6, 6.07) is 9.21. The van der Waals surface area contributed by atoms with Crippen LogP contribution in [0.15, 0.2) is 30.3 Å². The van der Waals surface area contributed by atoms with Gasteiger partial charge in [-0.1, -0.05) is 41.7 Å². The van der Waals surface area contributed by atoms with Crippen molar-refractivity contribution in [2.45, 2.75) is 19.1 Å². The lowest BCUT2D eigenvalue weighted by molar-refractivity contribution is 0.163. The predicted octanol–water partition coefficient (Wildman–Crippen LogP) is 1.23. The van der Waals surface area contributed by atoms with Crippen molar-refractivity contribution < 1.29 is 5.11 Å². The third kappa shape index (κ3) is 2.12. The molecule has 3 rings (SSSR count). The van der Waals surface area contributed by atoms with Crippen molar-refractivity contribution in [2.75, 3.05) is 0 Å². The number of nitrogens with zero attached hydrogens (tertiary/aromatic N) is 4. The summed E-state index contributed by atoms with van der Waals surface area (Å²) in [5, 5.41) is 22.8. The molecule has 0 bridgehead atoms. The number of aliphatic hydroxyl groups is 1. The molecule has 0 amide bonds. The van der Waals surface area contributed by atoms with E-state index in [0.29, 0.717) is 15.8 Å². The minimum absolute atomic E-state index is 0.504. The zero-order chi connectivity index (χ0) is 13.4. The lowest BCUT2D eigenvalue weighted by atomic mass is 10.2. The van der Waals surface area contributed by atoms with E-state index in [1.807, 2.05) is 30.3 Å². The maximum atomic E-state index is 9.52. The Balaban J connectivity index is 2.08. The van der Waals surface area contributed by atoms with Gasteiger partial charge in [-0.25, -0.2) is 0 Å². The van der Waals surface area contributed by atoms with Crippen molar-refractivity contribution in [3.63, 3.8) is 0 Å². The quantitative estimate of drug-likeness (QED) is 0.750. The van der Waals surface area contributed by atoms with Gasteiger partial charge in [0.1, 0.15) is 5.01 Å². The maximum Gasteiger partial charge on any atom is 0.235 e. The third-order valence-corrected chi connectivity index (χ3v) is 3.84. The molecule has 0 fully saturated rings. The van der Waals surface area contributed by atoms with Crippen molar-refractivity contribution in [3.05, 3.63) is 35.3 Å². The molecule has 2 atom stereocenters. The number of benzene rings is 1. The minimum Gasteiger partial charge on any atom is -0.391 e. The predicted molar refractivity (Wildman–Crippen MR) is 72.7 cm³/mol. The van der Waals surface area contributed by atoms with Crippen LogP contribution < -0.4 is 5.73 Å². The highest BCUT2D eigenvalue weighted by Crippen LogP contribution is 2.24. The summed E-state index contributed by atoms with van der Waals surface area (Å²) in [4.78, 5) is 0.671. The second-order valence-corrected chi connectivity index (χ2v) is 5.28. The van der Waals surface area contributed by atoms with Gasteiger partial charge in [0.15, 0.2) is 5.82 Å². The van der Waals surface area contributed by atoms with E-state index in [1.54, 1.807) is 11.4 Å². The van der Waals surface area contributed by atoms with Crippen LogP contribution in [-0.4, -0.2) is 31.0 Å². The summed E-state index contributed by atoms with van der Waals surface area (Å²) in [5.41, 5.74) is 6.83. The fourth-order valence-electron chi connectivity index (χ4n) is 1.74. The number of rotatable bonds is 3. The standard InChI is InChI=1S/C12H13N5OS/c1-7(18)9(13)11-16-17-10(14-15-12(17)19-11)8-5-3-2-4-6-8/h2-7,9,18H,13H2,1H3. The first kappa shape index (κ1) is 12.2. The first-order valence-electron chi connectivity index (χ1n) is 5.88. The highest BCUT2D eigenvalue weighted by atomic mass is 32.1. The molecule has 0 aliphatic rings. The molecular formula is C12H13N5OS. The first-order chi connectivity index (χ1) is 9.16. The summed E-state index contributed by atoms with van der Waals surface area (Å²) in [6.45, 7) is 1.64. The van der Waals surface area contributed by atoms with Gasteiger partial charge in [-0.05, 0) is 6.92 Å². The highest BCUT2D eigenvalue weighted by molar-refractivity contribution is 7.16. The van der Waals surface area contributed by atoms with Crippen LogP contribution in [0.3, 0.4) is 0 Å². The van der Waals surface area contributed by atoms with Crippen LogP contribution in [-0.2, 0) is 0 Å². The first-order valence-corrected chi connectivity index (χ1v) is 6.69. The molecular weight excluding hydrogens is 262 g/mol. The summed E-state index contributed by atoms with van der Waals surface area (Å²) in [5.74, 6) is 0.677. The van der Waals surface area contributed by atoms with Gasteiger partial charge < -0.3 is 10.8 Å². The van der Waals surface area contributed by atoms with Gasteiger partial charge in [0.05, 0.1) is 12.1 Å². The summed E-state index contributed by atoms with van der Waals surface area (Å²) < 4.78 is 1.66. The molecule has 7 heteroatoms. The van der Waals surface area contributed by atoms with Gasteiger partial charge in [-0.15, -0.1) is 10.2 Å². The molecule has 6 nitrogen and oxygen atoms in total. The summed E-state index contributed by atoms with van der Waals surface area (Å²) in [7, 11) is 0. The Morgan fingerprint density at radius 2 is 2.00 bits per heavy atom. The lowest BCUT2D eigenvalue weighted by Gasteiger charge is -2.09. The molecule has 0 spiro atoms. The second kappa shape index (κ2) is 4.69. The van der Waals surface area contributed by atoms with E-state index in [0.717, 1.165) is 5.56 Å². The molecule has 3 aromatic rings. The Morgan fingerprint density at radius 1 is 1.26 bits per heavy atom. The normalized spacial score (nSPS) is 14.7.